The third-order valence-electron chi connectivity index (χ3n) is 3.93. The van der Waals surface area contributed by atoms with Crippen LogP contribution in [0.2, 0.25) is 10.0 Å². The first kappa shape index (κ1) is 15.8. The van der Waals surface area contributed by atoms with Gasteiger partial charge in [-0.3, -0.25) is 4.90 Å². The molecule has 0 saturated carbocycles. The summed E-state index contributed by atoms with van der Waals surface area (Å²) < 4.78 is 5.77. The fraction of sp³-hybridized carbons (Fsp3) is 0.500. The third kappa shape index (κ3) is 3.62. The van der Waals surface area contributed by atoms with E-state index in [0.717, 1.165) is 13.1 Å². The Morgan fingerprint density at radius 2 is 1.91 bits per heavy atom. The number of benzene rings is 1. The molecule has 1 aromatic heterocycles. The number of rotatable bonds is 3. The Bertz CT molecular complexity index is 649. The molecule has 3 rings (SSSR count). The van der Waals surface area contributed by atoms with Crippen LogP contribution in [0.25, 0.3) is 11.5 Å². The minimum atomic E-state index is 0.440. The van der Waals surface area contributed by atoms with Gasteiger partial charge in [0, 0.05) is 18.1 Å². The quantitative estimate of drug-likeness (QED) is 0.824. The number of hydrogen-bond donors (Lipinski definition) is 0. The second kappa shape index (κ2) is 6.57. The molecule has 2 unspecified atom stereocenters. The lowest BCUT2D eigenvalue weighted by atomic mass is 9.92. The normalized spacial score (nSPS) is 22.9. The van der Waals surface area contributed by atoms with E-state index in [1.807, 2.05) is 0 Å². The maximum Gasteiger partial charge on any atom is 0.249 e. The third-order valence-corrected chi connectivity index (χ3v) is 4.48. The monoisotopic (exact) mass is 339 g/mol. The fourth-order valence-electron chi connectivity index (χ4n) is 3.20. The Hall–Kier alpha value is -1.10. The summed E-state index contributed by atoms with van der Waals surface area (Å²) in [6, 6.07) is 5.24. The number of aromatic nitrogens is 2. The van der Waals surface area contributed by atoms with Crippen LogP contribution in [0.1, 0.15) is 26.2 Å². The summed E-state index contributed by atoms with van der Waals surface area (Å²) in [4.78, 5) is 2.37. The van der Waals surface area contributed by atoms with Crippen LogP contribution in [-0.4, -0.2) is 28.2 Å². The molecular weight excluding hydrogens is 321 g/mol. The van der Waals surface area contributed by atoms with Gasteiger partial charge in [-0.05, 0) is 36.5 Å². The molecule has 0 aliphatic carbocycles. The minimum absolute atomic E-state index is 0.440. The van der Waals surface area contributed by atoms with E-state index in [0.29, 0.717) is 45.8 Å². The summed E-state index contributed by atoms with van der Waals surface area (Å²) >= 11 is 12.1. The lowest BCUT2D eigenvalue weighted by Gasteiger charge is -2.33. The summed E-state index contributed by atoms with van der Waals surface area (Å²) in [5, 5.41) is 9.36. The smallest absolute Gasteiger partial charge is 0.249 e. The number of piperidine rings is 1. The predicted molar refractivity (Wildman–Crippen MR) is 88.0 cm³/mol. The largest absolute Gasteiger partial charge is 0.419 e. The highest BCUT2D eigenvalue weighted by molar-refractivity contribution is 6.36. The summed E-state index contributed by atoms with van der Waals surface area (Å²) in [5.74, 6) is 2.48. The van der Waals surface area contributed by atoms with Crippen LogP contribution >= 0.6 is 23.2 Å². The van der Waals surface area contributed by atoms with E-state index in [4.69, 9.17) is 27.6 Å². The molecule has 4 nitrogen and oxygen atoms in total. The number of nitrogens with zero attached hydrogens (tertiary/aromatic N) is 3. The average molecular weight is 340 g/mol. The lowest BCUT2D eigenvalue weighted by molar-refractivity contribution is 0.124. The maximum atomic E-state index is 6.18. The highest BCUT2D eigenvalue weighted by Crippen LogP contribution is 2.30. The highest BCUT2D eigenvalue weighted by atomic mass is 35.5. The first-order chi connectivity index (χ1) is 10.5. The number of halogens is 2. The zero-order chi connectivity index (χ0) is 15.7. The molecule has 0 N–H and O–H groups in total. The van der Waals surface area contributed by atoms with Crippen LogP contribution in [0.4, 0.5) is 0 Å². The standard InChI is InChI=1S/C16H19Cl2N3O/c1-10-5-11(2)8-21(7-10)9-15-19-20-16(22-15)13-4-3-12(17)6-14(13)18/h3-4,6,10-11H,5,7-9H2,1-2H3. The Morgan fingerprint density at radius 3 is 2.59 bits per heavy atom. The predicted octanol–water partition coefficient (Wildman–Crippen LogP) is 4.52. The van der Waals surface area contributed by atoms with Gasteiger partial charge in [0.25, 0.3) is 0 Å². The first-order valence-electron chi connectivity index (χ1n) is 7.51. The molecule has 2 heterocycles. The molecular formula is C16H19Cl2N3O. The van der Waals surface area contributed by atoms with Crippen molar-refractivity contribution in [1.82, 2.24) is 15.1 Å². The van der Waals surface area contributed by atoms with Crippen LogP contribution in [-0.2, 0) is 6.54 Å². The Morgan fingerprint density at radius 1 is 1.18 bits per heavy atom. The first-order valence-corrected chi connectivity index (χ1v) is 8.27. The fourth-order valence-corrected chi connectivity index (χ4v) is 3.69. The number of hydrogen-bond acceptors (Lipinski definition) is 4. The summed E-state index contributed by atoms with van der Waals surface area (Å²) in [6.07, 6.45) is 1.28. The van der Waals surface area contributed by atoms with Gasteiger partial charge in [0.1, 0.15) is 0 Å². The van der Waals surface area contributed by atoms with E-state index in [2.05, 4.69) is 28.9 Å². The van der Waals surface area contributed by atoms with Gasteiger partial charge >= 0.3 is 0 Å². The molecule has 2 atom stereocenters. The van der Waals surface area contributed by atoms with E-state index in [-0.39, 0.29) is 0 Å². The molecule has 0 amide bonds. The molecule has 0 bridgehead atoms. The molecule has 1 aliphatic rings. The Balaban J connectivity index is 1.73. The molecule has 6 heteroatoms. The highest BCUT2D eigenvalue weighted by Gasteiger charge is 2.23. The van der Waals surface area contributed by atoms with Crippen molar-refractivity contribution >= 4 is 23.2 Å². The Kier molecular flexibility index (Phi) is 4.71. The summed E-state index contributed by atoms with van der Waals surface area (Å²) in [7, 11) is 0. The minimum Gasteiger partial charge on any atom is -0.419 e. The number of likely N-dealkylation sites (tertiary alicyclic amines) is 1. The summed E-state index contributed by atoms with van der Waals surface area (Å²) in [5.41, 5.74) is 0.713. The van der Waals surface area contributed by atoms with Gasteiger partial charge in [-0.25, -0.2) is 0 Å². The van der Waals surface area contributed by atoms with Gasteiger partial charge in [0.2, 0.25) is 11.8 Å². The molecule has 1 saturated heterocycles. The van der Waals surface area contributed by atoms with E-state index in [1.54, 1.807) is 18.2 Å². The van der Waals surface area contributed by atoms with Gasteiger partial charge < -0.3 is 4.42 Å². The molecule has 1 aliphatic heterocycles. The van der Waals surface area contributed by atoms with Gasteiger partial charge in [-0.2, -0.15) is 0 Å². The molecule has 2 aromatic rings. The van der Waals surface area contributed by atoms with Crippen molar-refractivity contribution in [2.75, 3.05) is 13.1 Å². The van der Waals surface area contributed by atoms with Gasteiger partial charge in [0.05, 0.1) is 17.1 Å². The molecule has 1 aromatic carbocycles. The molecule has 1 fully saturated rings. The zero-order valence-electron chi connectivity index (χ0n) is 12.7. The van der Waals surface area contributed by atoms with Crippen molar-refractivity contribution in [3.8, 4) is 11.5 Å². The second-order valence-electron chi connectivity index (χ2n) is 6.27. The SMILES string of the molecule is CC1CC(C)CN(Cc2nnc(-c3ccc(Cl)cc3Cl)o2)C1. The Labute approximate surface area is 140 Å². The van der Waals surface area contributed by atoms with Crippen molar-refractivity contribution in [1.29, 1.82) is 0 Å². The van der Waals surface area contributed by atoms with Crippen molar-refractivity contribution in [2.24, 2.45) is 11.8 Å². The van der Waals surface area contributed by atoms with Crippen LogP contribution in [0.5, 0.6) is 0 Å². The molecule has 0 radical (unpaired) electrons. The van der Waals surface area contributed by atoms with E-state index < -0.39 is 0 Å². The average Bonchev–Trinajstić information content (AvgIpc) is 2.85. The zero-order valence-corrected chi connectivity index (χ0v) is 14.2. The van der Waals surface area contributed by atoms with Gasteiger partial charge in [0.15, 0.2) is 0 Å². The molecule has 118 valence electrons. The maximum absolute atomic E-state index is 6.18. The van der Waals surface area contributed by atoms with Gasteiger partial charge in [-0.1, -0.05) is 37.0 Å². The van der Waals surface area contributed by atoms with E-state index in [9.17, 15) is 0 Å². The second-order valence-corrected chi connectivity index (χ2v) is 7.11. The van der Waals surface area contributed by atoms with Crippen molar-refractivity contribution in [3.63, 3.8) is 0 Å². The molecule has 22 heavy (non-hydrogen) atoms. The van der Waals surface area contributed by atoms with Crippen LogP contribution in [0.3, 0.4) is 0 Å². The van der Waals surface area contributed by atoms with Crippen molar-refractivity contribution in [2.45, 2.75) is 26.8 Å². The van der Waals surface area contributed by atoms with Gasteiger partial charge in [-0.15, -0.1) is 10.2 Å². The lowest BCUT2D eigenvalue weighted by Crippen LogP contribution is -2.38. The van der Waals surface area contributed by atoms with E-state index >= 15 is 0 Å². The van der Waals surface area contributed by atoms with E-state index in [1.165, 1.54) is 6.42 Å². The van der Waals surface area contributed by atoms with Crippen molar-refractivity contribution in [3.05, 3.63) is 34.1 Å². The van der Waals surface area contributed by atoms with Crippen LogP contribution in [0, 0.1) is 11.8 Å². The van der Waals surface area contributed by atoms with Crippen LogP contribution < -0.4 is 0 Å². The summed E-state index contributed by atoms with van der Waals surface area (Å²) in [6.45, 7) is 7.41. The van der Waals surface area contributed by atoms with Crippen LogP contribution in [0.15, 0.2) is 22.6 Å². The topological polar surface area (TPSA) is 42.2 Å². The molecule has 0 spiro atoms. The van der Waals surface area contributed by atoms with Crippen molar-refractivity contribution < 1.29 is 4.42 Å².